The molecule has 0 radical (unpaired) electrons. The van der Waals surface area contributed by atoms with E-state index in [9.17, 15) is 10.2 Å². The smallest absolute Gasteiger partial charge is 0.184 e. The van der Waals surface area contributed by atoms with E-state index in [0.29, 0.717) is 6.61 Å². The van der Waals surface area contributed by atoms with Crippen molar-refractivity contribution in [3.63, 3.8) is 0 Å². The molecular weight excluding hydrogens is 512 g/mol. The zero-order chi connectivity index (χ0) is 27.8. The Morgan fingerprint density at radius 1 is 1.05 bits per heavy atom. The Bertz CT molecular complexity index is 922. The number of aliphatic hydroxyl groups excluding tert-OH is 2. The van der Waals surface area contributed by atoms with Gasteiger partial charge in [0, 0.05) is 29.5 Å². The Kier molecular flexibility index (Phi) is 11.3. The quantitative estimate of drug-likeness (QED) is 0.150. The number of unbranched alkanes of at least 4 members (excludes halogenated alkanes) is 1. The zero-order valence-electron chi connectivity index (χ0n) is 22.4. The van der Waals surface area contributed by atoms with Crippen LogP contribution in [-0.2, 0) is 33.2 Å². The number of benzene rings is 1. The summed E-state index contributed by atoms with van der Waals surface area (Å²) in [6, 6.07) is 8.55. The Morgan fingerprint density at radius 2 is 1.85 bits per heavy atom. The van der Waals surface area contributed by atoms with Crippen LogP contribution in [0.5, 0.6) is 0 Å². The molecule has 13 heteroatoms. The molecule has 3 fully saturated rings. The van der Waals surface area contributed by atoms with Crippen molar-refractivity contribution in [2.24, 2.45) is 16.8 Å². The molecule has 0 bridgehead atoms. The van der Waals surface area contributed by atoms with Crippen LogP contribution in [0.4, 0.5) is 0 Å². The fourth-order valence-electron chi connectivity index (χ4n) is 4.93. The lowest BCUT2D eigenvalue weighted by Gasteiger charge is -2.47. The predicted molar refractivity (Wildman–Crippen MR) is 137 cm³/mol. The van der Waals surface area contributed by atoms with Crippen LogP contribution in [-0.4, -0.2) is 98.4 Å². The fraction of sp³-hybridized carbons (Fsp3) is 0.769. The summed E-state index contributed by atoms with van der Waals surface area (Å²) in [7, 11) is 0. The van der Waals surface area contributed by atoms with Gasteiger partial charge in [-0.3, -0.25) is 0 Å². The second-order valence-corrected chi connectivity index (χ2v) is 10.0. The van der Waals surface area contributed by atoms with Crippen molar-refractivity contribution in [2.75, 3.05) is 33.0 Å². The molecule has 1 aromatic carbocycles. The van der Waals surface area contributed by atoms with Gasteiger partial charge >= 0.3 is 0 Å². The highest BCUT2D eigenvalue weighted by atomic mass is 16.8. The number of nitrogens with zero attached hydrogens (tertiary/aromatic N) is 3. The van der Waals surface area contributed by atoms with Crippen LogP contribution >= 0.6 is 0 Å². The van der Waals surface area contributed by atoms with Crippen molar-refractivity contribution < 1.29 is 43.4 Å². The van der Waals surface area contributed by atoms with Crippen molar-refractivity contribution in [2.45, 2.75) is 88.2 Å². The average Bonchev–Trinajstić information content (AvgIpc) is 2.96. The molecule has 4 rings (SSSR count). The third-order valence-corrected chi connectivity index (χ3v) is 7.23. The fourth-order valence-corrected chi connectivity index (χ4v) is 4.93. The molecule has 3 heterocycles. The lowest BCUT2D eigenvalue weighted by Crippen LogP contribution is -2.65. The molecule has 13 nitrogen and oxygen atoms in total. The van der Waals surface area contributed by atoms with Crippen LogP contribution in [0.2, 0.25) is 0 Å². The highest BCUT2D eigenvalue weighted by Crippen LogP contribution is 2.35. The molecule has 39 heavy (non-hydrogen) atoms. The summed E-state index contributed by atoms with van der Waals surface area (Å²) >= 11 is 0. The first kappa shape index (κ1) is 30.1. The largest absolute Gasteiger partial charge is 0.390 e. The summed E-state index contributed by atoms with van der Waals surface area (Å²) in [4.78, 5) is 2.71. The highest BCUT2D eigenvalue weighted by molar-refractivity contribution is 5.16. The Hall–Kier alpha value is -1.87. The monoisotopic (exact) mass is 552 g/mol. The number of aliphatic hydroxyl groups is 2. The van der Waals surface area contributed by atoms with Gasteiger partial charge < -0.3 is 49.1 Å². The number of rotatable bonds is 12. The summed E-state index contributed by atoms with van der Waals surface area (Å²) in [5, 5.41) is 25.5. The first-order valence-electron chi connectivity index (χ1n) is 13.5. The second-order valence-electron chi connectivity index (χ2n) is 10.0. The molecule has 4 N–H and O–H groups in total. The molecule has 0 saturated carbocycles. The number of hydrogen-bond donors (Lipinski definition) is 3. The molecule has 3 aliphatic heterocycles. The van der Waals surface area contributed by atoms with Crippen molar-refractivity contribution in [1.82, 2.24) is 0 Å². The molecule has 3 saturated heterocycles. The van der Waals surface area contributed by atoms with Gasteiger partial charge in [0.25, 0.3) is 0 Å². The SMILES string of the molecule is CCCCO[C@@H]1C(CO[C@@H]2OC3COC(c4ccccc4)O[C@H]3C(O)[C@@H]2N)O[C@@H](OCCN=[N+]=[N-])[C@@H](C)C1O. The standard InChI is InChI=1S/C26H40N4O9/c1-3-4-11-33-22-17(37-24(15(2)20(22)31)34-12-10-29-30-28)13-36-26-19(27)21(32)23-18(38-26)14-35-25(39-23)16-8-6-5-7-9-16/h5-9,15,17-26,31-32H,3-4,10-14,27H2,1-2H3/t15-,17?,18?,19-,20?,21?,22+,23+,24+,25?,26+/m0/s1. The average molecular weight is 553 g/mol. The van der Waals surface area contributed by atoms with Gasteiger partial charge in [-0.2, -0.15) is 0 Å². The van der Waals surface area contributed by atoms with Crippen LogP contribution in [0.25, 0.3) is 10.4 Å². The first-order chi connectivity index (χ1) is 18.9. The highest BCUT2D eigenvalue weighted by Gasteiger charge is 2.50. The molecular formula is C26H40N4O9. The minimum absolute atomic E-state index is 0.0341. The van der Waals surface area contributed by atoms with Gasteiger partial charge in [-0.15, -0.1) is 0 Å². The molecule has 1 aromatic rings. The van der Waals surface area contributed by atoms with Crippen molar-refractivity contribution in [1.29, 1.82) is 0 Å². The first-order valence-corrected chi connectivity index (χ1v) is 13.5. The summed E-state index contributed by atoms with van der Waals surface area (Å²) in [6.07, 6.45) is -5.21. The minimum Gasteiger partial charge on any atom is -0.390 e. The van der Waals surface area contributed by atoms with E-state index in [1.54, 1.807) is 6.92 Å². The maximum Gasteiger partial charge on any atom is 0.184 e. The van der Waals surface area contributed by atoms with E-state index in [1.165, 1.54) is 0 Å². The Morgan fingerprint density at radius 3 is 2.59 bits per heavy atom. The molecule has 5 unspecified atom stereocenters. The van der Waals surface area contributed by atoms with Gasteiger partial charge in [0.15, 0.2) is 18.9 Å². The van der Waals surface area contributed by atoms with Crippen LogP contribution in [0.3, 0.4) is 0 Å². The maximum absolute atomic E-state index is 11.0. The molecule has 11 atom stereocenters. The third-order valence-electron chi connectivity index (χ3n) is 7.23. The lowest BCUT2D eigenvalue weighted by atomic mass is 9.92. The van der Waals surface area contributed by atoms with Gasteiger partial charge in [0.2, 0.25) is 0 Å². The summed E-state index contributed by atoms with van der Waals surface area (Å²) in [6.45, 7) is 4.73. The van der Waals surface area contributed by atoms with Crippen LogP contribution in [0.15, 0.2) is 35.4 Å². The van der Waals surface area contributed by atoms with E-state index < -0.39 is 67.5 Å². The predicted octanol–water partition coefficient (Wildman–Crippen LogP) is 1.76. The van der Waals surface area contributed by atoms with E-state index in [4.69, 9.17) is 44.4 Å². The van der Waals surface area contributed by atoms with Gasteiger partial charge in [-0.25, -0.2) is 0 Å². The molecule has 0 aliphatic carbocycles. The van der Waals surface area contributed by atoms with Crippen LogP contribution in [0.1, 0.15) is 38.5 Å². The molecule has 0 spiro atoms. The number of hydrogen-bond acceptors (Lipinski definition) is 11. The summed E-state index contributed by atoms with van der Waals surface area (Å²) in [5.41, 5.74) is 15.7. The third kappa shape index (κ3) is 7.46. The van der Waals surface area contributed by atoms with Crippen molar-refractivity contribution >= 4 is 0 Å². The lowest BCUT2D eigenvalue weighted by molar-refractivity contribution is -0.350. The van der Waals surface area contributed by atoms with Crippen molar-refractivity contribution in [3.05, 3.63) is 46.3 Å². The molecule has 0 amide bonds. The van der Waals surface area contributed by atoms with E-state index in [-0.39, 0.29) is 26.4 Å². The summed E-state index contributed by atoms with van der Waals surface area (Å²) < 4.78 is 41.8. The number of nitrogens with two attached hydrogens (primary N) is 1. The van der Waals surface area contributed by atoms with Crippen molar-refractivity contribution in [3.8, 4) is 0 Å². The Labute approximate surface area is 228 Å². The number of fused-ring (bicyclic) bond motifs is 1. The number of azide groups is 1. The number of ether oxygens (including phenoxy) is 7. The van der Waals surface area contributed by atoms with E-state index in [1.807, 2.05) is 30.3 Å². The minimum atomic E-state index is -1.06. The summed E-state index contributed by atoms with van der Waals surface area (Å²) in [5.74, 6) is -0.399. The van der Waals surface area contributed by atoms with Gasteiger partial charge in [-0.1, -0.05) is 55.7 Å². The van der Waals surface area contributed by atoms with Gasteiger partial charge in [0.1, 0.15) is 30.5 Å². The molecule has 3 aliphatic rings. The van der Waals surface area contributed by atoms with E-state index in [0.717, 1.165) is 18.4 Å². The van der Waals surface area contributed by atoms with Gasteiger partial charge in [0.05, 0.1) is 32.0 Å². The van der Waals surface area contributed by atoms with E-state index >= 15 is 0 Å². The molecule has 218 valence electrons. The Balaban J connectivity index is 1.38. The topological polar surface area (TPSA) is 180 Å². The van der Waals surface area contributed by atoms with Crippen LogP contribution < -0.4 is 5.73 Å². The molecule has 0 aromatic heterocycles. The normalized spacial score (nSPS) is 38.5. The maximum atomic E-state index is 11.0. The second kappa shape index (κ2) is 14.7. The van der Waals surface area contributed by atoms with Gasteiger partial charge in [-0.05, 0) is 12.0 Å². The van der Waals surface area contributed by atoms with Crippen LogP contribution in [0, 0.1) is 5.92 Å². The zero-order valence-corrected chi connectivity index (χ0v) is 22.4. The van der Waals surface area contributed by atoms with E-state index in [2.05, 4.69) is 16.9 Å².